The molecule has 0 fully saturated rings. The van der Waals surface area contributed by atoms with Gasteiger partial charge >= 0.3 is 0 Å². The largest absolute Gasteiger partial charge is 0.439 e. The van der Waals surface area contributed by atoms with Crippen molar-refractivity contribution >= 4 is 27.7 Å². The second-order valence-corrected chi connectivity index (χ2v) is 5.13. The molecule has 2 aromatic rings. The van der Waals surface area contributed by atoms with Crippen LogP contribution in [-0.4, -0.2) is 4.98 Å². The predicted molar refractivity (Wildman–Crippen MR) is 67.4 cm³/mol. The van der Waals surface area contributed by atoms with Gasteiger partial charge in [0.25, 0.3) is 5.22 Å². The number of oxazole rings is 1. The van der Waals surface area contributed by atoms with Gasteiger partial charge in [0.1, 0.15) is 6.26 Å². The van der Waals surface area contributed by atoms with Crippen molar-refractivity contribution in [3.8, 4) is 0 Å². The van der Waals surface area contributed by atoms with Gasteiger partial charge in [-0.1, -0.05) is 22.0 Å². The van der Waals surface area contributed by atoms with Crippen molar-refractivity contribution in [3.63, 3.8) is 0 Å². The van der Waals surface area contributed by atoms with Gasteiger partial charge in [0.15, 0.2) is 0 Å². The fourth-order valence-corrected chi connectivity index (χ4v) is 2.90. The second-order valence-electron chi connectivity index (χ2n) is 3.28. The topological polar surface area (TPSA) is 52.0 Å². The van der Waals surface area contributed by atoms with Gasteiger partial charge in [-0.3, -0.25) is 0 Å². The Hall–Kier alpha value is -0.780. The van der Waals surface area contributed by atoms with Crippen molar-refractivity contribution in [2.75, 3.05) is 0 Å². The average molecular weight is 299 g/mol. The summed E-state index contributed by atoms with van der Waals surface area (Å²) in [6.45, 7) is 2.39. The molecule has 84 valence electrons. The summed E-state index contributed by atoms with van der Waals surface area (Å²) < 4.78 is 6.32. The number of halogens is 1. The van der Waals surface area contributed by atoms with Gasteiger partial charge in [-0.15, -0.1) is 0 Å². The molecule has 0 saturated carbocycles. The van der Waals surface area contributed by atoms with Crippen LogP contribution in [0.25, 0.3) is 0 Å². The van der Waals surface area contributed by atoms with Gasteiger partial charge in [0.05, 0.1) is 5.69 Å². The Kier molecular flexibility index (Phi) is 3.68. The van der Waals surface area contributed by atoms with Crippen LogP contribution in [-0.2, 0) is 6.54 Å². The fraction of sp³-hybridized carbons (Fsp3) is 0.182. The molecule has 1 aromatic carbocycles. The van der Waals surface area contributed by atoms with E-state index in [-0.39, 0.29) is 0 Å². The first-order valence-corrected chi connectivity index (χ1v) is 6.39. The fourth-order valence-electron chi connectivity index (χ4n) is 1.31. The van der Waals surface area contributed by atoms with Crippen molar-refractivity contribution in [1.29, 1.82) is 0 Å². The number of benzene rings is 1. The lowest BCUT2D eigenvalue weighted by atomic mass is 10.2. The third-order valence-electron chi connectivity index (χ3n) is 2.08. The molecule has 0 atom stereocenters. The highest BCUT2D eigenvalue weighted by molar-refractivity contribution is 9.10. The Balaban J connectivity index is 2.30. The maximum atomic E-state index is 5.72. The number of hydrogen-bond donors (Lipinski definition) is 1. The van der Waals surface area contributed by atoms with Crippen LogP contribution in [0.1, 0.15) is 11.3 Å². The van der Waals surface area contributed by atoms with Gasteiger partial charge in [0.2, 0.25) is 0 Å². The molecular weight excluding hydrogens is 288 g/mol. The lowest BCUT2D eigenvalue weighted by Crippen LogP contribution is -1.99. The molecule has 0 radical (unpaired) electrons. The molecule has 1 aromatic heterocycles. The van der Waals surface area contributed by atoms with E-state index in [4.69, 9.17) is 10.2 Å². The molecule has 0 unspecified atom stereocenters. The standard InChI is InChI=1S/C11H11BrN2OS/c1-7-6-15-11(14-7)16-10-4-2-3-9(12)8(10)5-13/h2-4,6H,5,13H2,1H3. The SMILES string of the molecule is Cc1coc(Sc2cccc(Br)c2CN)n1. The molecule has 1 heterocycles. The Morgan fingerprint density at radius 2 is 2.31 bits per heavy atom. The molecule has 0 bridgehead atoms. The van der Waals surface area contributed by atoms with E-state index < -0.39 is 0 Å². The Morgan fingerprint density at radius 1 is 1.50 bits per heavy atom. The smallest absolute Gasteiger partial charge is 0.260 e. The van der Waals surface area contributed by atoms with Crippen LogP contribution >= 0.6 is 27.7 Å². The first-order valence-electron chi connectivity index (χ1n) is 4.78. The van der Waals surface area contributed by atoms with E-state index in [9.17, 15) is 0 Å². The number of rotatable bonds is 3. The van der Waals surface area contributed by atoms with E-state index >= 15 is 0 Å². The van der Waals surface area contributed by atoms with Crippen LogP contribution < -0.4 is 5.73 Å². The quantitative estimate of drug-likeness (QED) is 0.944. The minimum absolute atomic E-state index is 0.490. The molecule has 16 heavy (non-hydrogen) atoms. The first kappa shape index (κ1) is 11.7. The van der Waals surface area contributed by atoms with Crippen LogP contribution in [0.15, 0.2) is 43.5 Å². The lowest BCUT2D eigenvalue weighted by Gasteiger charge is -2.06. The summed E-state index contributed by atoms with van der Waals surface area (Å²) in [4.78, 5) is 5.32. The van der Waals surface area contributed by atoms with Gasteiger partial charge in [0, 0.05) is 15.9 Å². The van der Waals surface area contributed by atoms with E-state index in [1.54, 1.807) is 6.26 Å². The number of nitrogens with two attached hydrogens (primary N) is 1. The highest BCUT2D eigenvalue weighted by atomic mass is 79.9. The summed E-state index contributed by atoms with van der Waals surface area (Å²) in [5.74, 6) is 0. The zero-order valence-electron chi connectivity index (χ0n) is 8.74. The summed E-state index contributed by atoms with van der Waals surface area (Å²) >= 11 is 4.97. The van der Waals surface area contributed by atoms with Crippen molar-refractivity contribution in [2.24, 2.45) is 5.73 Å². The highest BCUT2D eigenvalue weighted by Crippen LogP contribution is 2.33. The molecule has 5 heteroatoms. The van der Waals surface area contributed by atoms with Crippen LogP contribution in [0, 0.1) is 6.92 Å². The molecule has 0 amide bonds. The van der Waals surface area contributed by atoms with E-state index in [1.807, 2.05) is 25.1 Å². The van der Waals surface area contributed by atoms with Crippen molar-refractivity contribution < 1.29 is 4.42 Å². The minimum Gasteiger partial charge on any atom is -0.439 e. The molecule has 0 spiro atoms. The summed E-state index contributed by atoms with van der Waals surface area (Å²) in [6, 6.07) is 5.96. The Bertz CT molecular complexity index is 498. The van der Waals surface area contributed by atoms with E-state index in [0.29, 0.717) is 11.8 Å². The lowest BCUT2D eigenvalue weighted by molar-refractivity contribution is 0.454. The van der Waals surface area contributed by atoms with Crippen molar-refractivity contribution in [3.05, 3.63) is 40.2 Å². The normalized spacial score (nSPS) is 10.7. The minimum atomic E-state index is 0.490. The van der Waals surface area contributed by atoms with E-state index in [1.165, 1.54) is 11.8 Å². The monoisotopic (exact) mass is 298 g/mol. The number of aryl methyl sites for hydroxylation is 1. The number of hydrogen-bond acceptors (Lipinski definition) is 4. The molecule has 0 aliphatic carbocycles. The second kappa shape index (κ2) is 5.03. The predicted octanol–water partition coefficient (Wildman–Crippen LogP) is 3.36. The number of nitrogens with zero attached hydrogens (tertiary/aromatic N) is 1. The third kappa shape index (κ3) is 2.48. The zero-order valence-corrected chi connectivity index (χ0v) is 11.1. The summed E-state index contributed by atoms with van der Waals surface area (Å²) in [6.07, 6.45) is 1.64. The molecule has 3 nitrogen and oxygen atoms in total. The van der Waals surface area contributed by atoms with E-state index in [2.05, 4.69) is 20.9 Å². The summed E-state index contributed by atoms with van der Waals surface area (Å²) in [5, 5.41) is 0.644. The molecular formula is C11H11BrN2OS. The van der Waals surface area contributed by atoms with Crippen LogP contribution in [0.5, 0.6) is 0 Å². The van der Waals surface area contributed by atoms with Crippen LogP contribution in [0.3, 0.4) is 0 Å². The van der Waals surface area contributed by atoms with E-state index in [0.717, 1.165) is 20.6 Å². The Morgan fingerprint density at radius 3 is 2.94 bits per heavy atom. The third-order valence-corrected chi connectivity index (χ3v) is 3.78. The molecule has 2 rings (SSSR count). The van der Waals surface area contributed by atoms with Crippen molar-refractivity contribution in [1.82, 2.24) is 4.98 Å². The molecule has 0 aliphatic rings. The average Bonchev–Trinajstić information content (AvgIpc) is 2.64. The summed E-state index contributed by atoms with van der Waals surface area (Å²) in [5.41, 5.74) is 7.67. The number of aromatic nitrogens is 1. The van der Waals surface area contributed by atoms with Crippen LogP contribution in [0.4, 0.5) is 0 Å². The molecule has 0 saturated heterocycles. The maximum Gasteiger partial charge on any atom is 0.260 e. The summed E-state index contributed by atoms with van der Waals surface area (Å²) in [7, 11) is 0. The Labute approximate surface area is 107 Å². The molecule has 0 aliphatic heterocycles. The highest BCUT2D eigenvalue weighted by Gasteiger charge is 2.09. The zero-order chi connectivity index (χ0) is 11.5. The molecule has 2 N–H and O–H groups in total. The first-order chi connectivity index (χ1) is 7.70. The van der Waals surface area contributed by atoms with Gasteiger partial charge < -0.3 is 10.2 Å². The van der Waals surface area contributed by atoms with Crippen molar-refractivity contribution in [2.45, 2.75) is 23.6 Å². The van der Waals surface area contributed by atoms with Crippen LogP contribution in [0.2, 0.25) is 0 Å². The van der Waals surface area contributed by atoms with Gasteiger partial charge in [-0.2, -0.15) is 0 Å². The van der Waals surface area contributed by atoms with Gasteiger partial charge in [-0.05, 0) is 36.4 Å². The van der Waals surface area contributed by atoms with Gasteiger partial charge in [-0.25, -0.2) is 4.98 Å². The maximum absolute atomic E-state index is 5.72.